The maximum atomic E-state index is 12.7. The molecule has 4 rings (SSSR count). The summed E-state index contributed by atoms with van der Waals surface area (Å²) in [7, 11) is 1.90. The Kier molecular flexibility index (Phi) is 3.81. The Morgan fingerprint density at radius 3 is 2.81 bits per heavy atom. The molecule has 26 heavy (non-hydrogen) atoms. The van der Waals surface area contributed by atoms with Crippen LogP contribution in [0.1, 0.15) is 28.5 Å². The van der Waals surface area contributed by atoms with Crippen molar-refractivity contribution in [2.75, 3.05) is 11.9 Å². The fraction of sp³-hybridized carbons (Fsp3) is 0.0909. The average molecular weight is 342 g/mol. The first-order chi connectivity index (χ1) is 12.6. The van der Waals surface area contributed by atoms with E-state index in [1.54, 1.807) is 12.3 Å². The number of hydrogen-bond acceptors (Lipinski definition) is 4. The highest BCUT2D eigenvalue weighted by atomic mass is 16.3. The third kappa shape index (κ3) is 2.56. The van der Waals surface area contributed by atoms with Gasteiger partial charge in [-0.15, -0.1) is 0 Å². The summed E-state index contributed by atoms with van der Waals surface area (Å²) in [5.74, 6) is 0.157. The molecule has 0 bridgehead atoms. The summed E-state index contributed by atoms with van der Waals surface area (Å²) in [4.78, 5) is 18.8. The molecule has 4 heteroatoms. The van der Waals surface area contributed by atoms with Gasteiger partial charge >= 0.3 is 0 Å². The van der Waals surface area contributed by atoms with Crippen molar-refractivity contribution in [1.29, 1.82) is 0 Å². The van der Waals surface area contributed by atoms with Gasteiger partial charge in [-0.1, -0.05) is 24.3 Å². The van der Waals surface area contributed by atoms with Crippen LogP contribution in [0.2, 0.25) is 0 Å². The summed E-state index contributed by atoms with van der Waals surface area (Å²) < 4.78 is 0. The molecule has 2 aliphatic rings. The number of aromatic nitrogens is 1. The number of likely N-dealkylation sites (N-methyl/N-ethyl adjacent to an activating group) is 1. The molecular formula is C22H18N2O2. The fourth-order valence-corrected chi connectivity index (χ4v) is 3.35. The molecule has 128 valence electrons. The number of para-hydroxylation sites is 1. The third-order valence-electron chi connectivity index (χ3n) is 4.72. The van der Waals surface area contributed by atoms with Crippen LogP contribution in [-0.2, 0) is 0 Å². The highest BCUT2D eigenvalue weighted by Gasteiger charge is 2.22. The van der Waals surface area contributed by atoms with Crippen molar-refractivity contribution in [3.63, 3.8) is 0 Å². The molecule has 2 aromatic rings. The van der Waals surface area contributed by atoms with E-state index in [4.69, 9.17) is 0 Å². The lowest BCUT2D eigenvalue weighted by molar-refractivity contribution is 0.103. The van der Waals surface area contributed by atoms with E-state index in [9.17, 15) is 9.90 Å². The summed E-state index contributed by atoms with van der Waals surface area (Å²) in [6, 6.07) is 9.20. The lowest BCUT2D eigenvalue weighted by Crippen LogP contribution is -2.18. The summed E-state index contributed by atoms with van der Waals surface area (Å²) in [6.07, 6.45) is 11.2. The van der Waals surface area contributed by atoms with E-state index in [0.29, 0.717) is 11.3 Å². The molecule has 1 aromatic heterocycles. The Morgan fingerprint density at radius 2 is 1.96 bits per heavy atom. The van der Waals surface area contributed by atoms with Gasteiger partial charge in [0.1, 0.15) is 11.4 Å². The van der Waals surface area contributed by atoms with E-state index >= 15 is 0 Å². The first-order valence-corrected chi connectivity index (χ1v) is 8.40. The minimum Gasteiger partial charge on any atom is -0.506 e. The lowest BCUT2D eigenvalue weighted by Gasteiger charge is -2.27. The van der Waals surface area contributed by atoms with Crippen molar-refractivity contribution in [2.45, 2.75) is 6.92 Å². The van der Waals surface area contributed by atoms with Gasteiger partial charge in [-0.2, -0.15) is 0 Å². The first-order valence-electron chi connectivity index (χ1n) is 8.40. The molecule has 2 heterocycles. The largest absolute Gasteiger partial charge is 0.506 e. The second-order valence-electron chi connectivity index (χ2n) is 6.38. The van der Waals surface area contributed by atoms with Gasteiger partial charge in [0.15, 0.2) is 0 Å². The van der Waals surface area contributed by atoms with Gasteiger partial charge in [0.05, 0.1) is 5.69 Å². The van der Waals surface area contributed by atoms with Crippen LogP contribution in [0.15, 0.2) is 72.1 Å². The predicted molar refractivity (Wildman–Crippen MR) is 104 cm³/mol. The molecule has 0 atom stereocenters. The number of hydrogen-bond donors (Lipinski definition) is 1. The van der Waals surface area contributed by atoms with Gasteiger partial charge in [0, 0.05) is 35.6 Å². The second kappa shape index (κ2) is 6.15. The van der Waals surface area contributed by atoms with Crippen molar-refractivity contribution in [2.24, 2.45) is 0 Å². The number of pyridine rings is 1. The van der Waals surface area contributed by atoms with Crippen LogP contribution in [-0.4, -0.2) is 22.9 Å². The minimum atomic E-state index is -0.0752. The number of phenols is 1. The SMILES string of the molecule is CC1=CC(=CC=C2C=Cc3cccc(O)c3N2C)C(=O)c2ncccc21. The van der Waals surface area contributed by atoms with Gasteiger partial charge in [-0.25, -0.2) is 0 Å². The van der Waals surface area contributed by atoms with Gasteiger partial charge in [0.25, 0.3) is 0 Å². The molecular weight excluding hydrogens is 324 g/mol. The van der Waals surface area contributed by atoms with Crippen molar-refractivity contribution < 1.29 is 9.90 Å². The summed E-state index contributed by atoms with van der Waals surface area (Å²) >= 11 is 0. The molecule has 0 amide bonds. The predicted octanol–water partition coefficient (Wildman–Crippen LogP) is 4.36. The highest BCUT2D eigenvalue weighted by Crippen LogP contribution is 2.37. The maximum Gasteiger partial charge on any atom is 0.211 e. The molecule has 1 N–H and O–H groups in total. The number of carbonyl (C=O) groups is 1. The zero-order valence-corrected chi connectivity index (χ0v) is 14.6. The number of benzene rings is 1. The molecule has 1 aliphatic heterocycles. The maximum absolute atomic E-state index is 12.7. The fourth-order valence-electron chi connectivity index (χ4n) is 3.35. The van der Waals surface area contributed by atoms with Crippen molar-refractivity contribution >= 4 is 23.1 Å². The molecule has 0 unspecified atom stereocenters. The number of anilines is 1. The Bertz CT molecular complexity index is 1040. The van der Waals surface area contributed by atoms with E-state index in [1.807, 2.05) is 73.5 Å². The Balaban J connectivity index is 1.72. The Morgan fingerprint density at radius 1 is 1.12 bits per heavy atom. The van der Waals surface area contributed by atoms with Gasteiger partial charge in [-0.05, 0) is 48.9 Å². The van der Waals surface area contributed by atoms with E-state index in [2.05, 4.69) is 4.98 Å². The van der Waals surface area contributed by atoms with E-state index in [0.717, 1.165) is 28.1 Å². The molecule has 0 radical (unpaired) electrons. The van der Waals surface area contributed by atoms with Crippen molar-refractivity contribution in [3.05, 3.63) is 88.9 Å². The molecule has 0 saturated heterocycles. The number of aromatic hydroxyl groups is 1. The van der Waals surface area contributed by atoms with Gasteiger partial charge in [-0.3, -0.25) is 9.78 Å². The normalized spacial score (nSPS) is 18.8. The quantitative estimate of drug-likeness (QED) is 0.782. The Labute approximate surface area is 152 Å². The standard InChI is InChI=1S/C22H18N2O2/c1-14-13-16(22(26)20-18(14)6-4-12-23-20)9-11-17-10-8-15-5-3-7-19(25)21(15)24(17)2/h3-13,25H,1-2H3. The van der Waals surface area contributed by atoms with E-state index < -0.39 is 0 Å². The van der Waals surface area contributed by atoms with Crippen molar-refractivity contribution in [3.8, 4) is 5.75 Å². The van der Waals surface area contributed by atoms with Crippen LogP contribution in [0, 0.1) is 0 Å². The van der Waals surface area contributed by atoms with Crippen molar-refractivity contribution in [1.82, 2.24) is 4.98 Å². The number of nitrogens with zero attached hydrogens (tertiary/aromatic N) is 2. The molecule has 0 saturated carbocycles. The Hall–Kier alpha value is -3.40. The van der Waals surface area contributed by atoms with Gasteiger partial charge < -0.3 is 10.0 Å². The molecule has 0 spiro atoms. The average Bonchev–Trinajstić information content (AvgIpc) is 2.65. The van der Waals surface area contributed by atoms with Crippen LogP contribution < -0.4 is 4.90 Å². The van der Waals surface area contributed by atoms with Gasteiger partial charge in [0.2, 0.25) is 5.78 Å². The number of phenolic OH excluding ortho intramolecular Hbond substituents is 1. The second-order valence-corrected chi connectivity index (χ2v) is 6.38. The molecule has 4 nitrogen and oxygen atoms in total. The number of allylic oxidation sites excluding steroid dienone is 6. The first kappa shape index (κ1) is 16.1. The summed E-state index contributed by atoms with van der Waals surface area (Å²) in [5.41, 5.74) is 5.60. The summed E-state index contributed by atoms with van der Waals surface area (Å²) in [6.45, 7) is 1.98. The summed E-state index contributed by atoms with van der Waals surface area (Å²) in [5, 5.41) is 10.2. The molecule has 1 aromatic carbocycles. The zero-order chi connectivity index (χ0) is 18.3. The number of carbonyl (C=O) groups excluding carboxylic acids is 1. The number of ketones is 1. The van der Waals surface area contributed by atoms with Crippen LogP contribution in [0.4, 0.5) is 5.69 Å². The molecule has 1 aliphatic carbocycles. The third-order valence-corrected chi connectivity index (χ3v) is 4.72. The number of rotatable bonds is 1. The van der Waals surface area contributed by atoms with Crippen LogP contribution in [0.3, 0.4) is 0 Å². The van der Waals surface area contributed by atoms with Crippen LogP contribution in [0.5, 0.6) is 5.75 Å². The van der Waals surface area contributed by atoms with Crippen LogP contribution >= 0.6 is 0 Å². The number of fused-ring (bicyclic) bond motifs is 2. The van der Waals surface area contributed by atoms with Crippen LogP contribution in [0.25, 0.3) is 11.6 Å². The smallest absolute Gasteiger partial charge is 0.211 e. The lowest BCUT2D eigenvalue weighted by atomic mass is 9.91. The van der Waals surface area contributed by atoms with E-state index in [-0.39, 0.29) is 11.5 Å². The zero-order valence-electron chi connectivity index (χ0n) is 14.6. The minimum absolute atomic E-state index is 0.0752. The highest BCUT2D eigenvalue weighted by molar-refractivity contribution is 6.15. The van der Waals surface area contributed by atoms with E-state index in [1.165, 1.54) is 0 Å². The molecule has 0 fully saturated rings. The monoisotopic (exact) mass is 342 g/mol. The number of Topliss-reactive ketones (excluding diaryl/α,β-unsaturated/α-hetero) is 1. The topological polar surface area (TPSA) is 53.4 Å².